The molecule has 130 valence electrons. The van der Waals surface area contributed by atoms with E-state index in [1.165, 1.54) is 5.57 Å². The predicted molar refractivity (Wildman–Crippen MR) is 109 cm³/mol. The zero-order valence-corrected chi connectivity index (χ0v) is 14.7. The van der Waals surface area contributed by atoms with Crippen molar-refractivity contribution in [3.63, 3.8) is 0 Å². The van der Waals surface area contributed by atoms with Gasteiger partial charge in [0, 0.05) is 18.0 Å². The van der Waals surface area contributed by atoms with E-state index in [9.17, 15) is 4.79 Å². The summed E-state index contributed by atoms with van der Waals surface area (Å²) in [5.74, 6) is -0.00817. The molecular weight excluding hydrogens is 320 g/mol. The van der Waals surface area contributed by atoms with Crippen LogP contribution in [0.15, 0.2) is 85.1 Å². The Kier molecular flexibility index (Phi) is 5.94. The Morgan fingerprint density at radius 2 is 1.81 bits per heavy atom. The topological polar surface area (TPSA) is 42.0 Å². The van der Waals surface area contributed by atoms with E-state index < -0.39 is 0 Å². The number of para-hydroxylation sites is 1. The van der Waals surface area contributed by atoms with Gasteiger partial charge in [0.15, 0.2) is 0 Å². The number of anilines is 1. The molecule has 0 aliphatic rings. The zero-order valence-electron chi connectivity index (χ0n) is 14.7. The minimum Gasteiger partial charge on any atom is -0.324 e. The van der Waals surface area contributed by atoms with Crippen LogP contribution in [0.2, 0.25) is 0 Å². The number of amides is 1. The highest BCUT2D eigenvalue weighted by molar-refractivity contribution is 6.00. The van der Waals surface area contributed by atoms with Crippen LogP contribution in [-0.2, 0) is 4.79 Å². The van der Waals surface area contributed by atoms with Crippen LogP contribution in [0.1, 0.15) is 24.8 Å². The van der Waals surface area contributed by atoms with Gasteiger partial charge in [-0.15, -0.1) is 6.58 Å². The first-order chi connectivity index (χ1) is 12.8. The van der Waals surface area contributed by atoms with E-state index in [2.05, 4.69) is 35.1 Å². The predicted octanol–water partition coefficient (Wildman–Crippen LogP) is 5.61. The second kappa shape index (κ2) is 8.77. The molecule has 3 nitrogen and oxygen atoms in total. The van der Waals surface area contributed by atoms with Crippen molar-refractivity contribution in [1.82, 2.24) is 4.98 Å². The largest absolute Gasteiger partial charge is 0.324 e. The van der Waals surface area contributed by atoms with Gasteiger partial charge in [-0.3, -0.25) is 9.78 Å². The molecule has 3 rings (SSSR count). The first-order valence-corrected chi connectivity index (χ1v) is 8.75. The minimum atomic E-state index is -0.00817. The highest BCUT2D eigenvalue weighted by Crippen LogP contribution is 2.22. The van der Waals surface area contributed by atoms with E-state index in [4.69, 9.17) is 0 Å². The molecule has 0 spiro atoms. The molecule has 0 fully saturated rings. The first-order valence-electron chi connectivity index (χ1n) is 8.75. The lowest BCUT2D eigenvalue weighted by Crippen LogP contribution is -2.12. The summed E-state index contributed by atoms with van der Waals surface area (Å²) in [7, 11) is 0. The maximum Gasteiger partial charge on any atom is 0.224 e. The molecule has 0 atom stereocenters. The van der Waals surface area contributed by atoms with Gasteiger partial charge in [0.25, 0.3) is 0 Å². The highest BCUT2D eigenvalue weighted by atomic mass is 16.1. The molecule has 1 heterocycles. The Balaban J connectivity index is 1.67. The molecule has 2 aromatic carbocycles. The standard InChI is InChI=1S/C23H22N2O/c1-2-8-18(17-19-9-4-3-5-10-19)14-15-22(26)25-21-13-6-11-20-12-7-16-24-23(20)21/h2-7,9-13,16-17H,1,8,14-15H2,(H,25,26)/b18-17-. The Hall–Kier alpha value is -3.20. The molecule has 1 amide bonds. The normalized spacial score (nSPS) is 11.3. The molecule has 0 saturated heterocycles. The summed E-state index contributed by atoms with van der Waals surface area (Å²) >= 11 is 0. The highest BCUT2D eigenvalue weighted by Gasteiger charge is 2.08. The van der Waals surface area contributed by atoms with Gasteiger partial charge < -0.3 is 5.32 Å². The molecule has 0 aliphatic carbocycles. The van der Waals surface area contributed by atoms with E-state index in [0.29, 0.717) is 12.8 Å². The van der Waals surface area contributed by atoms with Crippen LogP contribution in [0.5, 0.6) is 0 Å². The van der Waals surface area contributed by atoms with Crippen molar-refractivity contribution >= 4 is 28.6 Å². The average Bonchev–Trinajstić information content (AvgIpc) is 2.67. The lowest BCUT2D eigenvalue weighted by molar-refractivity contribution is -0.116. The van der Waals surface area contributed by atoms with Crippen LogP contribution in [-0.4, -0.2) is 10.9 Å². The van der Waals surface area contributed by atoms with Gasteiger partial charge in [-0.2, -0.15) is 0 Å². The molecule has 0 unspecified atom stereocenters. The third-order valence-corrected chi connectivity index (χ3v) is 4.16. The van der Waals surface area contributed by atoms with Crippen molar-refractivity contribution < 1.29 is 4.79 Å². The van der Waals surface area contributed by atoms with Gasteiger partial charge in [0.05, 0.1) is 11.2 Å². The number of nitrogens with one attached hydrogen (secondary N) is 1. The second-order valence-electron chi connectivity index (χ2n) is 6.13. The van der Waals surface area contributed by atoms with E-state index in [1.54, 1.807) is 6.20 Å². The van der Waals surface area contributed by atoms with Crippen molar-refractivity contribution in [3.05, 3.63) is 90.7 Å². The number of pyridine rings is 1. The first kappa shape index (κ1) is 17.6. The smallest absolute Gasteiger partial charge is 0.224 e. The Labute approximate surface area is 154 Å². The second-order valence-corrected chi connectivity index (χ2v) is 6.13. The molecular formula is C23H22N2O. The van der Waals surface area contributed by atoms with Gasteiger partial charge in [0.2, 0.25) is 5.91 Å². The van der Waals surface area contributed by atoms with Crippen molar-refractivity contribution in [3.8, 4) is 0 Å². The number of nitrogens with zero attached hydrogens (tertiary/aromatic N) is 1. The number of carbonyl (C=O) groups excluding carboxylic acids is 1. The van der Waals surface area contributed by atoms with Gasteiger partial charge in [0.1, 0.15) is 0 Å². The molecule has 3 heteroatoms. The van der Waals surface area contributed by atoms with Crippen LogP contribution in [0.3, 0.4) is 0 Å². The Morgan fingerprint density at radius 1 is 1.00 bits per heavy atom. The quantitative estimate of drug-likeness (QED) is 0.567. The molecule has 26 heavy (non-hydrogen) atoms. The summed E-state index contributed by atoms with van der Waals surface area (Å²) in [6.07, 6.45) is 7.65. The summed E-state index contributed by atoms with van der Waals surface area (Å²) in [6, 6.07) is 19.8. The summed E-state index contributed by atoms with van der Waals surface area (Å²) in [5, 5.41) is 4.01. The lowest BCUT2D eigenvalue weighted by Gasteiger charge is -2.09. The van der Waals surface area contributed by atoms with Gasteiger partial charge in [-0.1, -0.05) is 66.3 Å². The number of rotatable bonds is 7. The number of hydrogen-bond acceptors (Lipinski definition) is 2. The van der Waals surface area contributed by atoms with Crippen LogP contribution in [0.4, 0.5) is 5.69 Å². The molecule has 1 N–H and O–H groups in total. The van der Waals surface area contributed by atoms with Gasteiger partial charge in [-0.25, -0.2) is 0 Å². The number of carbonyl (C=O) groups is 1. The van der Waals surface area contributed by atoms with Crippen molar-refractivity contribution in [2.24, 2.45) is 0 Å². The summed E-state index contributed by atoms with van der Waals surface area (Å²) in [6.45, 7) is 3.82. The van der Waals surface area contributed by atoms with Crippen molar-refractivity contribution in [1.29, 1.82) is 0 Å². The molecule has 0 radical (unpaired) electrons. The van der Waals surface area contributed by atoms with Crippen molar-refractivity contribution in [2.75, 3.05) is 5.32 Å². The van der Waals surface area contributed by atoms with Crippen molar-refractivity contribution in [2.45, 2.75) is 19.3 Å². The number of allylic oxidation sites excluding steroid dienone is 2. The lowest BCUT2D eigenvalue weighted by atomic mass is 10.0. The Morgan fingerprint density at radius 3 is 2.62 bits per heavy atom. The third-order valence-electron chi connectivity index (χ3n) is 4.16. The maximum atomic E-state index is 12.4. The number of hydrogen-bond donors (Lipinski definition) is 1. The summed E-state index contributed by atoms with van der Waals surface area (Å²) in [4.78, 5) is 16.8. The molecule has 0 saturated carbocycles. The molecule has 3 aromatic rings. The number of aromatic nitrogens is 1. The Bertz CT molecular complexity index is 924. The van der Waals surface area contributed by atoms with Crippen LogP contribution in [0, 0.1) is 0 Å². The summed E-state index contributed by atoms with van der Waals surface area (Å²) in [5.41, 5.74) is 3.90. The monoisotopic (exact) mass is 342 g/mol. The van der Waals surface area contributed by atoms with E-state index in [0.717, 1.165) is 28.6 Å². The fourth-order valence-corrected chi connectivity index (χ4v) is 2.90. The third kappa shape index (κ3) is 4.67. The maximum absolute atomic E-state index is 12.4. The molecule has 1 aromatic heterocycles. The van der Waals surface area contributed by atoms with Gasteiger partial charge >= 0.3 is 0 Å². The molecule has 0 aliphatic heterocycles. The van der Waals surface area contributed by atoms with Gasteiger partial charge in [-0.05, 0) is 30.5 Å². The molecule has 0 bridgehead atoms. The fraction of sp³-hybridized carbons (Fsp3) is 0.130. The zero-order chi connectivity index (χ0) is 18.2. The van der Waals surface area contributed by atoms with Crippen LogP contribution >= 0.6 is 0 Å². The van der Waals surface area contributed by atoms with E-state index in [1.807, 2.05) is 54.6 Å². The number of fused-ring (bicyclic) bond motifs is 1. The fourth-order valence-electron chi connectivity index (χ4n) is 2.90. The van der Waals surface area contributed by atoms with E-state index >= 15 is 0 Å². The minimum absolute atomic E-state index is 0.00817. The summed E-state index contributed by atoms with van der Waals surface area (Å²) < 4.78 is 0. The van der Waals surface area contributed by atoms with Crippen LogP contribution < -0.4 is 5.32 Å². The average molecular weight is 342 g/mol. The SMILES string of the molecule is C=CC/C(=C/c1ccccc1)CCC(=O)Nc1cccc2cccnc12. The number of benzene rings is 2. The van der Waals surface area contributed by atoms with E-state index in [-0.39, 0.29) is 5.91 Å². The van der Waals surface area contributed by atoms with Crippen LogP contribution in [0.25, 0.3) is 17.0 Å².